The number of pyridine rings is 1. The second-order valence-electron chi connectivity index (χ2n) is 10.3. The zero-order valence-electron chi connectivity index (χ0n) is 21.4. The Balaban J connectivity index is 1.27. The number of nitrogens with one attached hydrogen (secondary N) is 2. The molecule has 3 atom stereocenters. The zero-order valence-corrected chi connectivity index (χ0v) is 21.4. The maximum atomic E-state index is 14.5. The number of aliphatic hydroxyl groups excluding tert-OH is 1. The number of amides is 2. The molecule has 2 aliphatic heterocycles. The molecule has 2 aliphatic rings. The van der Waals surface area contributed by atoms with Crippen molar-refractivity contribution in [3.63, 3.8) is 0 Å². The number of benzene rings is 1. The number of imidazole rings is 1. The van der Waals surface area contributed by atoms with E-state index in [0.717, 1.165) is 11.0 Å². The summed E-state index contributed by atoms with van der Waals surface area (Å²) in [6.45, 7) is -1.29. The van der Waals surface area contributed by atoms with Gasteiger partial charge in [-0.3, -0.25) is 14.5 Å². The van der Waals surface area contributed by atoms with Gasteiger partial charge in [0.05, 0.1) is 18.1 Å². The fourth-order valence-electron chi connectivity index (χ4n) is 5.79. The van der Waals surface area contributed by atoms with Gasteiger partial charge in [-0.1, -0.05) is 12.1 Å². The summed E-state index contributed by atoms with van der Waals surface area (Å²) in [5.74, 6) is -3.07. The van der Waals surface area contributed by atoms with E-state index in [1.807, 2.05) is 0 Å². The summed E-state index contributed by atoms with van der Waals surface area (Å²) in [6.07, 6.45) is -3.69. The maximum absolute atomic E-state index is 14.5. The highest BCUT2D eigenvalue weighted by Gasteiger charge is 2.41. The molecule has 2 fully saturated rings. The van der Waals surface area contributed by atoms with Gasteiger partial charge in [-0.2, -0.15) is 13.2 Å². The molecule has 216 valence electrons. The SMILES string of the molecule is O=C(N[C@@H]1CC[C@@H](c2cccc(F)c2F)CN(CC(F)(F)F)C1O)N1CCC(n2c(=O)[nH]c3ncccc32)CC1. The zero-order chi connectivity index (χ0) is 28.6. The number of piperidine rings is 1. The lowest BCUT2D eigenvalue weighted by Crippen LogP contribution is -2.56. The van der Waals surface area contributed by atoms with E-state index in [4.69, 9.17) is 0 Å². The van der Waals surface area contributed by atoms with Crippen molar-refractivity contribution in [2.45, 2.75) is 56.1 Å². The standard InChI is InChI=1S/C26H29F5N6O3/c27-18-4-1-3-17(21(18)28)15-6-7-19(23(38)36(13-15)14-26(29,30)31)33-24(39)35-11-8-16(9-12-35)37-20-5-2-10-32-22(20)34-25(37)40/h1-5,10,15-16,19,23,38H,6-9,11-14H2,(H,33,39)(H,32,34,40)/t15-,19-,23?/m1/s1. The monoisotopic (exact) mass is 568 g/mol. The van der Waals surface area contributed by atoms with Gasteiger partial charge in [-0.15, -0.1) is 0 Å². The number of urea groups is 1. The second kappa shape index (κ2) is 11.2. The molecule has 1 unspecified atom stereocenters. The predicted molar refractivity (Wildman–Crippen MR) is 134 cm³/mol. The molecule has 5 rings (SSSR count). The van der Waals surface area contributed by atoms with Crippen LogP contribution in [0.1, 0.15) is 43.2 Å². The van der Waals surface area contributed by atoms with Crippen LogP contribution in [0.25, 0.3) is 11.2 Å². The average molecular weight is 569 g/mol. The summed E-state index contributed by atoms with van der Waals surface area (Å²) in [6, 6.07) is 5.23. The number of hydrogen-bond donors (Lipinski definition) is 3. The summed E-state index contributed by atoms with van der Waals surface area (Å²) >= 11 is 0. The third-order valence-electron chi connectivity index (χ3n) is 7.73. The van der Waals surface area contributed by atoms with Gasteiger partial charge in [0.2, 0.25) is 0 Å². The lowest BCUT2D eigenvalue weighted by atomic mass is 9.93. The van der Waals surface area contributed by atoms with E-state index in [2.05, 4.69) is 15.3 Å². The number of aromatic amines is 1. The van der Waals surface area contributed by atoms with E-state index in [1.54, 1.807) is 22.9 Å². The van der Waals surface area contributed by atoms with E-state index >= 15 is 0 Å². The predicted octanol–water partition coefficient (Wildman–Crippen LogP) is 3.48. The van der Waals surface area contributed by atoms with Crippen LogP contribution in [-0.2, 0) is 0 Å². The molecular weight excluding hydrogens is 539 g/mol. The van der Waals surface area contributed by atoms with Gasteiger partial charge in [0.15, 0.2) is 17.3 Å². The van der Waals surface area contributed by atoms with Gasteiger partial charge < -0.3 is 15.3 Å². The van der Waals surface area contributed by atoms with E-state index in [9.17, 15) is 36.6 Å². The number of rotatable bonds is 4. The van der Waals surface area contributed by atoms with Crippen LogP contribution in [0.3, 0.4) is 0 Å². The summed E-state index contributed by atoms with van der Waals surface area (Å²) in [4.78, 5) is 34.7. The number of halogens is 5. The number of fused-ring (bicyclic) bond motifs is 1. The Morgan fingerprint density at radius 2 is 1.85 bits per heavy atom. The van der Waals surface area contributed by atoms with Gasteiger partial charge in [0, 0.05) is 31.9 Å². The Kier molecular flexibility index (Phi) is 7.82. The van der Waals surface area contributed by atoms with Crippen LogP contribution in [0, 0.1) is 11.6 Å². The number of nitrogens with zero attached hydrogens (tertiary/aromatic N) is 4. The Labute approximate surface area is 225 Å². The average Bonchev–Trinajstić information content (AvgIpc) is 3.18. The van der Waals surface area contributed by atoms with Crippen LogP contribution in [0.15, 0.2) is 41.3 Å². The Hall–Kier alpha value is -3.52. The molecule has 4 heterocycles. The highest BCUT2D eigenvalue weighted by molar-refractivity contribution is 5.75. The van der Waals surface area contributed by atoms with Crippen molar-refractivity contribution < 1.29 is 31.9 Å². The fraction of sp³-hybridized carbons (Fsp3) is 0.500. The summed E-state index contributed by atoms with van der Waals surface area (Å²) in [5.41, 5.74) is 0.754. The van der Waals surface area contributed by atoms with Gasteiger partial charge in [0.25, 0.3) is 0 Å². The maximum Gasteiger partial charge on any atom is 0.401 e. The minimum absolute atomic E-state index is 0.0517. The first-order valence-electron chi connectivity index (χ1n) is 13.1. The van der Waals surface area contributed by atoms with E-state index < -0.39 is 48.6 Å². The quantitative estimate of drug-likeness (QED) is 0.418. The number of likely N-dealkylation sites (tertiary alicyclic amines) is 2. The molecule has 3 N–H and O–H groups in total. The Bertz CT molecular complexity index is 1420. The molecule has 2 aromatic heterocycles. The highest BCUT2D eigenvalue weighted by Crippen LogP contribution is 2.33. The molecule has 9 nitrogen and oxygen atoms in total. The number of aliphatic hydroxyl groups is 1. The van der Waals surface area contributed by atoms with Crippen LogP contribution in [0.2, 0.25) is 0 Å². The molecule has 2 amide bonds. The lowest BCUT2D eigenvalue weighted by molar-refractivity contribution is -0.168. The number of hydrogen-bond acceptors (Lipinski definition) is 5. The van der Waals surface area contributed by atoms with Crippen molar-refractivity contribution in [1.29, 1.82) is 0 Å². The summed E-state index contributed by atoms with van der Waals surface area (Å²) in [7, 11) is 0. The number of alkyl halides is 3. The van der Waals surface area contributed by atoms with Crippen molar-refractivity contribution >= 4 is 17.2 Å². The first kappa shape index (κ1) is 28.0. The molecule has 0 bridgehead atoms. The molecule has 14 heteroatoms. The van der Waals surface area contributed by atoms with Crippen LogP contribution >= 0.6 is 0 Å². The van der Waals surface area contributed by atoms with Gasteiger partial charge >= 0.3 is 17.9 Å². The molecular formula is C26H29F5N6O3. The second-order valence-corrected chi connectivity index (χ2v) is 10.3. The van der Waals surface area contributed by atoms with Crippen LogP contribution in [0.5, 0.6) is 0 Å². The van der Waals surface area contributed by atoms with E-state index in [-0.39, 0.29) is 49.8 Å². The molecule has 3 aromatic rings. The largest absolute Gasteiger partial charge is 0.401 e. The highest BCUT2D eigenvalue weighted by atomic mass is 19.4. The molecule has 40 heavy (non-hydrogen) atoms. The molecule has 0 aliphatic carbocycles. The molecule has 0 saturated carbocycles. The van der Waals surface area contributed by atoms with E-state index in [1.165, 1.54) is 17.0 Å². The minimum atomic E-state index is -4.66. The first-order valence-corrected chi connectivity index (χ1v) is 13.1. The van der Waals surface area contributed by atoms with Gasteiger partial charge in [-0.05, 0) is 55.4 Å². The van der Waals surface area contributed by atoms with Crippen molar-refractivity contribution in [3.05, 3.63) is 64.2 Å². The van der Waals surface area contributed by atoms with Crippen molar-refractivity contribution in [1.82, 2.24) is 29.7 Å². The Morgan fingerprint density at radius 3 is 2.58 bits per heavy atom. The molecule has 2 saturated heterocycles. The number of aromatic nitrogens is 3. The minimum Gasteiger partial charge on any atom is -0.376 e. The number of H-pyrrole nitrogens is 1. The fourth-order valence-corrected chi connectivity index (χ4v) is 5.79. The number of carbonyl (C=O) groups is 1. The third kappa shape index (κ3) is 5.82. The number of carbonyl (C=O) groups excluding carboxylic acids is 1. The summed E-state index contributed by atoms with van der Waals surface area (Å²) in [5, 5.41) is 13.5. The van der Waals surface area contributed by atoms with Crippen LogP contribution in [-0.4, -0.2) is 80.1 Å². The summed E-state index contributed by atoms with van der Waals surface area (Å²) < 4.78 is 70.1. The van der Waals surface area contributed by atoms with Crippen molar-refractivity contribution in [2.24, 2.45) is 0 Å². The van der Waals surface area contributed by atoms with Crippen molar-refractivity contribution in [2.75, 3.05) is 26.2 Å². The van der Waals surface area contributed by atoms with Crippen molar-refractivity contribution in [3.8, 4) is 0 Å². The first-order chi connectivity index (χ1) is 19.0. The lowest BCUT2D eigenvalue weighted by Gasteiger charge is -2.36. The molecule has 0 spiro atoms. The van der Waals surface area contributed by atoms with E-state index in [0.29, 0.717) is 24.0 Å². The molecule has 1 aromatic carbocycles. The van der Waals surface area contributed by atoms with Crippen LogP contribution < -0.4 is 11.0 Å². The van der Waals surface area contributed by atoms with Crippen LogP contribution in [0.4, 0.5) is 26.7 Å². The van der Waals surface area contributed by atoms with Gasteiger partial charge in [0.1, 0.15) is 6.23 Å². The third-order valence-corrected chi connectivity index (χ3v) is 7.73. The smallest absolute Gasteiger partial charge is 0.376 e. The Morgan fingerprint density at radius 1 is 1.10 bits per heavy atom. The normalized spacial score (nSPS) is 23.4. The molecule has 0 radical (unpaired) electrons. The topological polar surface area (TPSA) is 106 Å². The van der Waals surface area contributed by atoms with Gasteiger partial charge in [-0.25, -0.2) is 23.4 Å².